The Hall–Kier alpha value is -1.82. The van der Waals surface area contributed by atoms with Gasteiger partial charge in [0.15, 0.2) is 0 Å². The Labute approximate surface area is 138 Å². The first-order valence-electron chi connectivity index (χ1n) is 7.90. The smallest absolute Gasteiger partial charge is 0.286 e. The summed E-state index contributed by atoms with van der Waals surface area (Å²) in [5.41, 5.74) is 2.03. The lowest BCUT2D eigenvalue weighted by Crippen LogP contribution is -2.16. The van der Waals surface area contributed by atoms with Crippen molar-refractivity contribution in [1.82, 2.24) is 9.19 Å². The average molecular weight is 336 g/mol. The number of rotatable bonds is 7. The van der Waals surface area contributed by atoms with Crippen molar-refractivity contribution in [2.45, 2.75) is 51.3 Å². The van der Waals surface area contributed by atoms with E-state index in [0.717, 1.165) is 28.1 Å². The van der Waals surface area contributed by atoms with E-state index in [1.807, 2.05) is 26.8 Å². The molecule has 5 nitrogen and oxygen atoms in total. The molecule has 2 rings (SSSR count). The van der Waals surface area contributed by atoms with Gasteiger partial charge in [-0.1, -0.05) is 27.2 Å². The van der Waals surface area contributed by atoms with Crippen molar-refractivity contribution in [3.8, 4) is 5.75 Å². The summed E-state index contributed by atoms with van der Waals surface area (Å²) in [6.45, 7) is 8.64. The van der Waals surface area contributed by atoms with Crippen LogP contribution in [0.25, 0.3) is 0 Å². The van der Waals surface area contributed by atoms with Gasteiger partial charge < -0.3 is 4.74 Å². The molecule has 0 radical (unpaired) electrons. The summed E-state index contributed by atoms with van der Waals surface area (Å²) in [5, 5.41) is 3.87. The van der Waals surface area contributed by atoms with E-state index in [1.54, 1.807) is 12.1 Å². The molecular weight excluding hydrogens is 312 g/mol. The fourth-order valence-corrected chi connectivity index (χ4v) is 3.70. The number of nitrogens with zero attached hydrogens (tertiary/aromatic N) is 2. The van der Waals surface area contributed by atoms with Crippen LogP contribution in [0.5, 0.6) is 5.75 Å². The van der Waals surface area contributed by atoms with Crippen LogP contribution in [0.15, 0.2) is 35.5 Å². The fraction of sp³-hybridized carbons (Fsp3) is 0.471. The lowest BCUT2D eigenvalue weighted by atomic mass is 9.98. The highest BCUT2D eigenvalue weighted by atomic mass is 32.2. The minimum absolute atomic E-state index is 0.173. The minimum atomic E-state index is -3.76. The maximum atomic E-state index is 12.9. The highest BCUT2D eigenvalue weighted by molar-refractivity contribution is 7.90. The van der Waals surface area contributed by atoms with Gasteiger partial charge in [-0.2, -0.15) is 17.6 Å². The van der Waals surface area contributed by atoms with Crippen LogP contribution in [0.3, 0.4) is 0 Å². The molecule has 0 bridgehead atoms. The summed E-state index contributed by atoms with van der Waals surface area (Å²) >= 11 is 0. The largest absolute Gasteiger partial charge is 0.492 e. The molecule has 0 aliphatic rings. The Kier molecular flexibility index (Phi) is 5.46. The van der Waals surface area contributed by atoms with E-state index in [4.69, 9.17) is 4.74 Å². The molecule has 0 fully saturated rings. The van der Waals surface area contributed by atoms with Crippen molar-refractivity contribution in [1.29, 1.82) is 0 Å². The Balaban J connectivity index is 2.56. The predicted molar refractivity (Wildman–Crippen MR) is 90.5 cm³/mol. The second-order valence-electron chi connectivity index (χ2n) is 5.90. The average Bonchev–Trinajstić information content (AvgIpc) is 3.02. The molecule has 0 N–H and O–H groups in total. The van der Waals surface area contributed by atoms with Crippen molar-refractivity contribution in [2.75, 3.05) is 6.61 Å². The van der Waals surface area contributed by atoms with Crippen molar-refractivity contribution >= 4 is 10.0 Å². The molecule has 1 aromatic heterocycles. The lowest BCUT2D eigenvalue weighted by Gasteiger charge is -2.17. The first-order chi connectivity index (χ1) is 10.9. The number of aromatic nitrogens is 2. The van der Waals surface area contributed by atoms with Gasteiger partial charge in [0.1, 0.15) is 10.6 Å². The van der Waals surface area contributed by atoms with Gasteiger partial charge in [-0.25, -0.2) is 0 Å². The third kappa shape index (κ3) is 3.75. The zero-order valence-corrected chi connectivity index (χ0v) is 14.9. The standard InChI is InChI=1S/C17H24N2O3S/c1-5-6-10-22-16-11-14(4)15(13(2)3)12-17(16)23(20,21)19-9-7-8-18-19/h7-9,11-13H,5-6,10H2,1-4H3. The highest BCUT2D eigenvalue weighted by Gasteiger charge is 2.24. The van der Waals surface area contributed by atoms with Gasteiger partial charge in [0.25, 0.3) is 10.0 Å². The van der Waals surface area contributed by atoms with Crippen molar-refractivity contribution in [2.24, 2.45) is 0 Å². The number of ether oxygens (including phenoxy) is 1. The van der Waals surface area contributed by atoms with Crippen LogP contribution < -0.4 is 4.74 Å². The zero-order chi connectivity index (χ0) is 17.0. The normalized spacial score (nSPS) is 11.9. The minimum Gasteiger partial charge on any atom is -0.492 e. The maximum Gasteiger partial charge on any atom is 0.286 e. The highest BCUT2D eigenvalue weighted by Crippen LogP contribution is 2.32. The van der Waals surface area contributed by atoms with Gasteiger partial charge >= 0.3 is 0 Å². The Morgan fingerprint density at radius 3 is 2.61 bits per heavy atom. The van der Waals surface area contributed by atoms with E-state index in [9.17, 15) is 8.42 Å². The van der Waals surface area contributed by atoms with Gasteiger partial charge in [0.05, 0.1) is 12.8 Å². The van der Waals surface area contributed by atoms with E-state index in [0.29, 0.717) is 12.4 Å². The second-order valence-corrected chi connectivity index (χ2v) is 7.66. The molecule has 0 saturated carbocycles. The molecule has 1 heterocycles. The molecule has 23 heavy (non-hydrogen) atoms. The summed E-state index contributed by atoms with van der Waals surface area (Å²) in [6, 6.07) is 5.13. The number of unbranched alkanes of at least 4 members (excludes halogenated alkanes) is 1. The van der Waals surface area contributed by atoms with Crippen molar-refractivity contribution in [3.63, 3.8) is 0 Å². The van der Waals surface area contributed by atoms with E-state index < -0.39 is 10.0 Å². The Morgan fingerprint density at radius 2 is 2.04 bits per heavy atom. The SMILES string of the molecule is CCCCOc1cc(C)c(C(C)C)cc1S(=O)(=O)n1cccn1. The number of hydrogen-bond acceptors (Lipinski definition) is 4. The van der Waals surface area contributed by atoms with Gasteiger partial charge in [-0.15, -0.1) is 0 Å². The number of benzene rings is 1. The Bertz CT molecular complexity index is 750. The van der Waals surface area contributed by atoms with Crippen LogP contribution in [0.2, 0.25) is 0 Å². The van der Waals surface area contributed by atoms with Crippen molar-refractivity contribution < 1.29 is 13.2 Å². The van der Waals surface area contributed by atoms with Crippen LogP contribution in [0, 0.1) is 6.92 Å². The van der Waals surface area contributed by atoms with E-state index in [2.05, 4.69) is 12.0 Å². The van der Waals surface area contributed by atoms with E-state index in [-0.39, 0.29) is 10.8 Å². The number of aryl methyl sites for hydroxylation is 1. The van der Waals surface area contributed by atoms with Gasteiger partial charge in [-0.05, 0) is 48.6 Å². The van der Waals surface area contributed by atoms with E-state index in [1.165, 1.54) is 12.4 Å². The molecule has 126 valence electrons. The monoisotopic (exact) mass is 336 g/mol. The van der Waals surface area contributed by atoms with Gasteiger partial charge in [0, 0.05) is 6.20 Å². The quantitative estimate of drug-likeness (QED) is 0.723. The summed E-state index contributed by atoms with van der Waals surface area (Å²) in [4.78, 5) is 0.173. The molecule has 0 aliphatic heterocycles. The summed E-state index contributed by atoms with van der Waals surface area (Å²) < 4.78 is 32.4. The third-order valence-electron chi connectivity index (χ3n) is 3.71. The molecule has 2 aromatic rings. The Morgan fingerprint density at radius 1 is 1.30 bits per heavy atom. The van der Waals surface area contributed by atoms with Crippen LogP contribution >= 0.6 is 0 Å². The molecule has 0 amide bonds. The maximum absolute atomic E-state index is 12.9. The molecule has 0 saturated heterocycles. The molecule has 0 spiro atoms. The van der Waals surface area contributed by atoms with Gasteiger partial charge in [-0.3, -0.25) is 0 Å². The van der Waals surface area contributed by atoms with Gasteiger partial charge in [0.2, 0.25) is 0 Å². The van der Waals surface area contributed by atoms with E-state index >= 15 is 0 Å². The molecule has 0 atom stereocenters. The lowest BCUT2D eigenvalue weighted by molar-refractivity contribution is 0.301. The fourth-order valence-electron chi connectivity index (χ4n) is 2.44. The van der Waals surface area contributed by atoms with Crippen LogP contribution in [-0.4, -0.2) is 24.2 Å². The summed E-state index contributed by atoms with van der Waals surface area (Å²) in [7, 11) is -3.76. The number of hydrogen-bond donors (Lipinski definition) is 0. The molecular formula is C17H24N2O3S. The topological polar surface area (TPSA) is 61.2 Å². The van der Waals surface area contributed by atoms with Crippen LogP contribution in [-0.2, 0) is 10.0 Å². The second kappa shape index (κ2) is 7.17. The first kappa shape index (κ1) is 17.5. The molecule has 0 aliphatic carbocycles. The third-order valence-corrected chi connectivity index (χ3v) is 5.30. The van der Waals surface area contributed by atoms with Crippen molar-refractivity contribution in [3.05, 3.63) is 41.7 Å². The molecule has 1 aromatic carbocycles. The zero-order valence-electron chi connectivity index (χ0n) is 14.1. The van der Waals surface area contributed by atoms with Crippen LogP contribution in [0.1, 0.15) is 50.7 Å². The summed E-state index contributed by atoms with van der Waals surface area (Å²) in [5.74, 6) is 0.627. The van der Waals surface area contributed by atoms with Crippen LogP contribution in [0.4, 0.5) is 0 Å². The molecule has 0 unspecified atom stereocenters. The molecule has 6 heteroatoms. The predicted octanol–water partition coefficient (Wildman–Crippen LogP) is 3.73. The summed E-state index contributed by atoms with van der Waals surface area (Å²) in [6.07, 6.45) is 4.75. The first-order valence-corrected chi connectivity index (χ1v) is 9.34.